The quantitative estimate of drug-likeness (QED) is 0.399. The van der Waals surface area contributed by atoms with E-state index in [0.29, 0.717) is 16.1 Å². The number of H-pyrrole nitrogens is 1. The van der Waals surface area contributed by atoms with Crippen molar-refractivity contribution in [1.29, 1.82) is 0 Å². The SMILES string of the molecule is Cc1ccccc1NC(=O)CSc1nc2ccccc2c(=O)n1-c1ncn[nH]1. The van der Waals surface area contributed by atoms with Crippen LogP contribution in [-0.4, -0.2) is 36.4 Å². The minimum atomic E-state index is -0.274. The third-order valence-electron chi connectivity index (χ3n) is 4.11. The van der Waals surface area contributed by atoms with E-state index in [9.17, 15) is 9.59 Å². The predicted octanol–water partition coefficient (Wildman–Crippen LogP) is 2.54. The number of thioether (sulfide) groups is 1. The zero-order chi connectivity index (χ0) is 19.5. The number of anilines is 1. The summed E-state index contributed by atoms with van der Waals surface area (Å²) in [5, 5.41) is 10.2. The lowest BCUT2D eigenvalue weighted by Gasteiger charge is -2.11. The van der Waals surface area contributed by atoms with Gasteiger partial charge in [-0.15, -0.1) is 0 Å². The Kier molecular flexibility index (Phi) is 4.90. The van der Waals surface area contributed by atoms with Gasteiger partial charge in [-0.25, -0.2) is 14.6 Å². The number of para-hydroxylation sites is 2. The maximum absolute atomic E-state index is 12.9. The summed E-state index contributed by atoms with van der Waals surface area (Å²) in [6, 6.07) is 14.6. The fourth-order valence-corrected chi connectivity index (χ4v) is 3.53. The molecule has 0 saturated heterocycles. The van der Waals surface area contributed by atoms with Gasteiger partial charge in [0.25, 0.3) is 5.56 Å². The second kappa shape index (κ2) is 7.65. The molecule has 0 atom stereocenters. The van der Waals surface area contributed by atoms with Gasteiger partial charge in [0.2, 0.25) is 11.9 Å². The summed E-state index contributed by atoms with van der Waals surface area (Å²) in [5.74, 6) is 0.156. The molecule has 2 aromatic carbocycles. The van der Waals surface area contributed by atoms with E-state index in [1.54, 1.807) is 18.2 Å². The van der Waals surface area contributed by atoms with Crippen molar-refractivity contribution in [3.63, 3.8) is 0 Å². The van der Waals surface area contributed by atoms with Crippen molar-refractivity contribution in [3.8, 4) is 5.95 Å². The van der Waals surface area contributed by atoms with Gasteiger partial charge >= 0.3 is 0 Å². The fourth-order valence-electron chi connectivity index (χ4n) is 2.73. The highest BCUT2D eigenvalue weighted by Gasteiger charge is 2.16. The van der Waals surface area contributed by atoms with E-state index in [1.807, 2.05) is 37.3 Å². The van der Waals surface area contributed by atoms with E-state index >= 15 is 0 Å². The van der Waals surface area contributed by atoms with Crippen LogP contribution in [0.5, 0.6) is 0 Å². The van der Waals surface area contributed by atoms with Gasteiger partial charge in [0.05, 0.1) is 16.7 Å². The highest BCUT2D eigenvalue weighted by Crippen LogP contribution is 2.20. The monoisotopic (exact) mass is 392 g/mol. The smallest absolute Gasteiger partial charge is 0.269 e. The first-order valence-corrected chi connectivity index (χ1v) is 9.48. The summed E-state index contributed by atoms with van der Waals surface area (Å²) < 4.78 is 1.33. The van der Waals surface area contributed by atoms with Crippen molar-refractivity contribution in [2.75, 3.05) is 11.1 Å². The molecule has 0 bridgehead atoms. The fraction of sp³-hybridized carbons (Fsp3) is 0.105. The third kappa shape index (κ3) is 3.52. The highest BCUT2D eigenvalue weighted by atomic mass is 32.2. The third-order valence-corrected chi connectivity index (χ3v) is 5.05. The average Bonchev–Trinajstić information content (AvgIpc) is 3.22. The molecule has 0 aliphatic carbocycles. The molecule has 0 saturated carbocycles. The molecule has 1 amide bonds. The number of hydrogen-bond acceptors (Lipinski definition) is 6. The van der Waals surface area contributed by atoms with Crippen molar-refractivity contribution >= 4 is 34.3 Å². The van der Waals surface area contributed by atoms with E-state index in [0.717, 1.165) is 23.0 Å². The van der Waals surface area contributed by atoms with Gasteiger partial charge in [-0.3, -0.25) is 9.59 Å². The Morgan fingerprint density at radius 3 is 2.75 bits per heavy atom. The summed E-state index contributed by atoms with van der Waals surface area (Å²) in [4.78, 5) is 34.0. The van der Waals surface area contributed by atoms with Crippen molar-refractivity contribution in [3.05, 3.63) is 70.8 Å². The van der Waals surface area contributed by atoms with Crippen LogP contribution in [0.2, 0.25) is 0 Å². The molecular formula is C19H16N6O2S. The van der Waals surface area contributed by atoms with Crippen molar-refractivity contribution in [2.24, 2.45) is 0 Å². The molecule has 0 spiro atoms. The Bertz CT molecular complexity index is 1200. The number of aryl methyl sites for hydroxylation is 1. The lowest BCUT2D eigenvalue weighted by atomic mass is 10.2. The van der Waals surface area contributed by atoms with Crippen LogP contribution in [0.15, 0.2) is 64.8 Å². The van der Waals surface area contributed by atoms with Crippen molar-refractivity contribution < 1.29 is 4.79 Å². The number of carbonyl (C=O) groups excluding carboxylic acids is 1. The van der Waals surface area contributed by atoms with Gasteiger partial charge < -0.3 is 5.32 Å². The van der Waals surface area contributed by atoms with E-state index in [1.165, 1.54) is 10.9 Å². The number of rotatable bonds is 5. The van der Waals surface area contributed by atoms with Crippen molar-refractivity contribution in [2.45, 2.75) is 12.1 Å². The van der Waals surface area contributed by atoms with Crippen LogP contribution in [0.4, 0.5) is 5.69 Å². The number of benzene rings is 2. The Morgan fingerprint density at radius 1 is 1.18 bits per heavy atom. The topological polar surface area (TPSA) is 106 Å². The summed E-state index contributed by atoms with van der Waals surface area (Å²) in [5.41, 5.74) is 2.02. The number of fused-ring (bicyclic) bond motifs is 1. The van der Waals surface area contributed by atoms with Gasteiger partial charge in [0, 0.05) is 5.69 Å². The zero-order valence-corrected chi connectivity index (χ0v) is 15.7. The molecule has 2 N–H and O–H groups in total. The Hall–Kier alpha value is -3.46. The van der Waals surface area contributed by atoms with Crippen molar-refractivity contribution in [1.82, 2.24) is 24.7 Å². The standard InChI is InChI=1S/C19H16N6O2S/c1-12-6-2-4-8-14(12)22-16(26)10-28-19-23-15-9-5-3-7-13(15)17(27)25(19)18-20-11-21-24-18/h2-9,11H,10H2,1H3,(H,22,26)(H,20,21,24). The first-order chi connectivity index (χ1) is 13.6. The molecular weight excluding hydrogens is 376 g/mol. The molecule has 2 aromatic heterocycles. The molecule has 4 rings (SSSR count). The molecule has 8 nitrogen and oxygen atoms in total. The molecule has 0 unspecified atom stereocenters. The molecule has 4 aromatic rings. The molecule has 0 aliphatic rings. The molecule has 0 fully saturated rings. The maximum atomic E-state index is 12.9. The lowest BCUT2D eigenvalue weighted by molar-refractivity contribution is -0.113. The molecule has 0 radical (unpaired) electrons. The normalized spacial score (nSPS) is 10.9. The summed E-state index contributed by atoms with van der Waals surface area (Å²) in [7, 11) is 0. The van der Waals surface area contributed by atoms with E-state index in [-0.39, 0.29) is 23.2 Å². The van der Waals surface area contributed by atoms with Gasteiger partial charge in [-0.05, 0) is 30.7 Å². The Balaban J connectivity index is 1.65. The second-order valence-electron chi connectivity index (χ2n) is 6.01. The summed E-state index contributed by atoms with van der Waals surface area (Å²) in [6.45, 7) is 1.93. The average molecular weight is 392 g/mol. The van der Waals surface area contributed by atoms with Crippen LogP contribution in [0.3, 0.4) is 0 Å². The van der Waals surface area contributed by atoms with Gasteiger partial charge in [0.15, 0.2) is 5.16 Å². The van der Waals surface area contributed by atoms with E-state index in [2.05, 4.69) is 25.5 Å². The molecule has 28 heavy (non-hydrogen) atoms. The number of nitrogens with zero attached hydrogens (tertiary/aromatic N) is 4. The summed E-state index contributed by atoms with van der Waals surface area (Å²) in [6.07, 6.45) is 1.32. The van der Waals surface area contributed by atoms with Crippen LogP contribution in [0.1, 0.15) is 5.56 Å². The van der Waals surface area contributed by atoms with Crippen LogP contribution < -0.4 is 10.9 Å². The number of nitrogens with one attached hydrogen (secondary N) is 2. The lowest BCUT2D eigenvalue weighted by Crippen LogP contribution is -2.24. The van der Waals surface area contributed by atoms with E-state index < -0.39 is 0 Å². The minimum absolute atomic E-state index is 0.0905. The van der Waals surface area contributed by atoms with Gasteiger partial charge in [-0.1, -0.05) is 42.1 Å². The first-order valence-electron chi connectivity index (χ1n) is 8.49. The number of aromatic amines is 1. The highest BCUT2D eigenvalue weighted by molar-refractivity contribution is 7.99. The molecule has 0 aliphatic heterocycles. The molecule has 140 valence electrons. The number of amides is 1. The largest absolute Gasteiger partial charge is 0.325 e. The van der Waals surface area contributed by atoms with Crippen LogP contribution >= 0.6 is 11.8 Å². The first kappa shape index (κ1) is 17.9. The van der Waals surface area contributed by atoms with E-state index in [4.69, 9.17) is 0 Å². The molecule has 2 heterocycles. The molecule has 9 heteroatoms. The van der Waals surface area contributed by atoms with Crippen LogP contribution in [0.25, 0.3) is 16.9 Å². The number of aromatic nitrogens is 5. The van der Waals surface area contributed by atoms with Crippen LogP contribution in [-0.2, 0) is 4.79 Å². The van der Waals surface area contributed by atoms with Gasteiger partial charge in [-0.2, -0.15) is 10.1 Å². The number of carbonyl (C=O) groups is 1. The Morgan fingerprint density at radius 2 is 1.96 bits per heavy atom. The van der Waals surface area contributed by atoms with Gasteiger partial charge in [0.1, 0.15) is 6.33 Å². The Labute approximate surface area is 164 Å². The minimum Gasteiger partial charge on any atom is -0.325 e. The maximum Gasteiger partial charge on any atom is 0.269 e. The predicted molar refractivity (Wildman–Crippen MR) is 108 cm³/mol. The zero-order valence-electron chi connectivity index (χ0n) is 14.9. The second-order valence-corrected chi connectivity index (χ2v) is 6.96. The number of hydrogen-bond donors (Lipinski definition) is 2. The van der Waals surface area contributed by atoms with Crippen LogP contribution in [0, 0.1) is 6.92 Å². The summed E-state index contributed by atoms with van der Waals surface area (Å²) >= 11 is 1.16.